The Balaban J connectivity index is 2.16. The number of hydrogen-bond acceptors (Lipinski definition) is 6. The lowest BCUT2D eigenvalue weighted by Crippen LogP contribution is -2.32. The van der Waals surface area contributed by atoms with Crippen molar-refractivity contribution in [1.82, 2.24) is 4.72 Å². The summed E-state index contributed by atoms with van der Waals surface area (Å²) in [5, 5.41) is -0.0423. The number of hydrogen-bond donors (Lipinski definition) is 2. The molecule has 1 fully saturated rings. The molecule has 138 valence electrons. The van der Waals surface area contributed by atoms with Crippen LogP contribution in [0, 0.1) is 0 Å². The van der Waals surface area contributed by atoms with E-state index in [1.165, 1.54) is 19.1 Å². The highest BCUT2D eigenvalue weighted by atomic mass is 35.5. The minimum Gasteiger partial charge on any atom is -0.449 e. The fourth-order valence-corrected chi connectivity index (χ4v) is 3.80. The van der Waals surface area contributed by atoms with Gasteiger partial charge in [-0.25, -0.2) is 17.9 Å². The predicted octanol–water partition coefficient (Wildman–Crippen LogP) is 0.828. The van der Waals surface area contributed by atoms with Crippen LogP contribution in [0.2, 0.25) is 5.02 Å². The second-order valence-corrected chi connectivity index (χ2v) is 7.72. The number of carbonyl (C=O) groups is 2. The third kappa shape index (κ3) is 5.15. The normalized spacial score (nSPS) is 18.7. The van der Waals surface area contributed by atoms with Crippen molar-refractivity contribution >= 4 is 33.5 Å². The molecule has 25 heavy (non-hydrogen) atoms. The van der Waals surface area contributed by atoms with E-state index in [2.05, 4.69) is 4.72 Å². The van der Waals surface area contributed by atoms with Crippen LogP contribution < -0.4 is 10.5 Å². The number of benzene rings is 1. The lowest BCUT2D eigenvalue weighted by atomic mass is 10.2. The molecule has 2 atom stereocenters. The number of rotatable bonds is 7. The van der Waals surface area contributed by atoms with Gasteiger partial charge in [-0.3, -0.25) is 4.79 Å². The molecule has 8 nitrogen and oxygen atoms in total. The van der Waals surface area contributed by atoms with Crippen molar-refractivity contribution in [2.24, 2.45) is 5.73 Å². The maximum absolute atomic E-state index is 12.4. The molecule has 0 radical (unpaired) electrons. The van der Waals surface area contributed by atoms with E-state index >= 15 is 0 Å². The fourth-order valence-electron chi connectivity index (χ4n) is 2.21. The first-order valence-electron chi connectivity index (χ1n) is 7.62. The van der Waals surface area contributed by atoms with Crippen molar-refractivity contribution < 1.29 is 27.5 Å². The summed E-state index contributed by atoms with van der Waals surface area (Å²) in [6.45, 7) is 2.04. The number of carbonyl (C=O) groups excluding carboxylic acids is 2. The smallest absolute Gasteiger partial charge is 0.338 e. The molecule has 3 N–H and O–H groups in total. The molecule has 0 unspecified atom stereocenters. The molecule has 10 heteroatoms. The first-order chi connectivity index (χ1) is 11.7. The van der Waals surface area contributed by atoms with Gasteiger partial charge in [0, 0.05) is 13.2 Å². The van der Waals surface area contributed by atoms with Gasteiger partial charge in [-0.2, -0.15) is 0 Å². The lowest BCUT2D eigenvalue weighted by molar-refractivity contribution is -0.125. The molecule has 0 spiro atoms. The van der Waals surface area contributed by atoms with Crippen LogP contribution in [0.5, 0.6) is 0 Å². The number of esters is 1. The van der Waals surface area contributed by atoms with Gasteiger partial charge in [0.1, 0.15) is 4.90 Å². The Morgan fingerprint density at radius 2 is 2.20 bits per heavy atom. The summed E-state index contributed by atoms with van der Waals surface area (Å²) in [4.78, 5) is 22.7. The fraction of sp³-hybridized carbons (Fsp3) is 0.467. The molecule has 1 aromatic rings. The van der Waals surface area contributed by atoms with Gasteiger partial charge in [0.05, 0.1) is 16.7 Å². The van der Waals surface area contributed by atoms with Gasteiger partial charge in [-0.05, 0) is 38.0 Å². The topological polar surface area (TPSA) is 125 Å². The molecule has 2 rings (SSSR count). The predicted molar refractivity (Wildman–Crippen MR) is 89.7 cm³/mol. The van der Waals surface area contributed by atoms with E-state index in [0.717, 1.165) is 18.9 Å². The van der Waals surface area contributed by atoms with E-state index in [9.17, 15) is 18.0 Å². The monoisotopic (exact) mass is 390 g/mol. The van der Waals surface area contributed by atoms with Crippen LogP contribution in [0.1, 0.15) is 30.1 Å². The zero-order valence-electron chi connectivity index (χ0n) is 13.5. The van der Waals surface area contributed by atoms with Gasteiger partial charge < -0.3 is 15.2 Å². The summed E-state index contributed by atoms with van der Waals surface area (Å²) in [6.07, 6.45) is 0.333. The van der Waals surface area contributed by atoms with E-state index in [1.54, 1.807) is 0 Å². The van der Waals surface area contributed by atoms with Crippen LogP contribution in [-0.2, 0) is 24.3 Å². The third-order valence-corrected chi connectivity index (χ3v) is 5.57. The van der Waals surface area contributed by atoms with E-state index in [1.807, 2.05) is 0 Å². The summed E-state index contributed by atoms with van der Waals surface area (Å²) in [5.41, 5.74) is 4.97. The Hall–Kier alpha value is -1.68. The molecule has 1 saturated heterocycles. The van der Waals surface area contributed by atoms with Crippen LogP contribution in [0.4, 0.5) is 0 Å². The zero-order chi connectivity index (χ0) is 18.6. The number of nitrogens with two attached hydrogens (primary N) is 1. The Labute approximate surface area is 150 Å². The van der Waals surface area contributed by atoms with Crippen LogP contribution in [0.15, 0.2) is 23.1 Å². The number of amides is 1. The molecular formula is C15H19ClN2O6S. The van der Waals surface area contributed by atoms with Gasteiger partial charge in [-0.15, -0.1) is 0 Å². The minimum absolute atomic E-state index is 0.0423. The maximum Gasteiger partial charge on any atom is 0.338 e. The summed E-state index contributed by atoms with van der Waals surface area (Å²) in [7, 11) is -3.94. The average molecular weight is 391 g/mol. The van der Waals surface area contributed by atoms with Crippen molar-refractivity contribution in [2.75, 3.05) is 13.2 Å². The molecule has 1 heterocycles. The molecule has 0 saturated carbocycles. The molecule has 0 aromatic heterocycles. The van der Waals surface area contributed by atoms with Crippen molar-refractivity contribution in [3.63, 3.8) is 0 Å². The van der Waals surface area contributed by atoms with Gasteiger partial charge in [0.2, 0.25) is 10.0 Å². The first kappa shape index (κ1) is 19.6. The Bertz CT molecular complexity index is 761. The van der Waals surface area contributed by atoms with Crippen molar-refractivity contribution in [2.45, 2.75) is 36.9 Å². The van der Waals surface area contributed by atoms with E-state index in [-0.39, 0.29) is 28.1 Å². The van der Waals surface area contributed by atoms with E-state index in [4.69, 9.17) is 26.8 Å². The second kappa shape index (κ2) is 8.13. The number of sulfonamides is 1. The van der Waals surface area contributed by atoms with Crippen LogP contribution in [-0.4, -0.2) is 45.7 Å². The second-order valence-electron chi connectivity index (χ2n) is 5.58. The summed E-state index contributed by atoms with van der Waals surface area (Å²) >= 11 is 5.96. The highest BCUT2D eigenvalue weighted by Crippen LogP contribution is 2.23. The van der Waals surface area contributed by atoms with Gasteiger partial charge in [-0.1, -0.05) is 11.6 Å². The third-order valence-electron chi connectivity index (χ3n) is 3.67. The molecule has 1 aliphatic rings. The molecular weight excluding hydrogens is 372 g/mol. The minimum atomic E-state index is -3.94. The lowest BCUT2D eigenvalue weighted by Gasteiger charge is -2.14. The Morgan fingerprint density at radius 3 is 2.80 bits per heavy atom. The SMILES string of the molecule is C[C@@H](OC(=O)c1ccc(Cl)c(S(=O)(=O)NC[C@@H]2CCCO2)c1)C(N)=O. The van der Waals surface area contributed by atoms with E-state index in [0.29, 0.717) is 6.61 Å². The number of halogens is 1. The van der Waals surface area contributed by atoms with E-state index < -0.39 is 28.0 Å². The Morgan fingerprint density at radius 1 is 1.48 bits per heavy atom. The average Bonchev–Trinajstić information content (AvgIpc) is 3.06. The highest BCUT2D eigenvalue weighted by molar-refractivity contribution is 7.89. The van der Waals surface area contributed by atoms with Gasteiger partial charge >= 0.3 is 5.97 Å². The van der Waals surface area contributed by atoms with Crippen LogP contribution >= 0.6 is 11.6 Å². The van der Waals surface area contributed by atoms with Gasteiger partial charge in [0.15, 0.2) is 6.10 Å². The number of ether oxygens (including phenoxy) is 2. The van der Waals surface area contributed by atoms with Crippen LogP contribution in [0.3, 0.4) is 0 Å². The number of primary amides is 1. The quantitative estimate of drug-likeness (QED) is 0.664. The zero-order valence-corrected chi connectivity index (χ0v) is 15.1. The van der Waals surface area contributed by atoms with Gasteiger partial charge in [0.25, 0.3) is 5.91 Å². The van der Waals surface area contributed by atoms with Crippen molar-refractivity contribution in [3.05, 3.63) is 28.8 Å². The molecule has 1 aliphatic heterocycles. The van der Waals surface area contributed by atoms with Crippen LogP contribution in [0.25, 0.3) is 0 Å². The maximum atomic E-state index is 12.4. The van der Waals surface area contributed by atoms with Crippen molar-refractivity contribution in [3.8, 4) is 0 Å². The molecule has 1 amide bonds. The molecule has 0 bridgehead atoms. The molecule has 0 aliphatic carbocycles. The summed E-state index contributed by atoms with van der Waals surface area (Å²) in [5.74, 6) is -1.69. The van der Waals surface area contributed by atoms with Crippen molar-refractivity contribution in [1.29, 1.82) is 0 Å². The highest BCUT2D eigenvalue weighted by Gasteiger charge is 2.24. The standard InChI is InChI=1S/C15H19ClN2O6S/c1-9(14(17)19)24-15(20)10-4-5-12(16)13(7-10)25(21,22)18-8-11-3-2-6-23-11/h4-5,7,9,11,18H,2-3,6,8H2,1H3,(H2,17,19)/t9-,11+/m1/s1. The number of nitrogens with one attached hydrogen (secondary N) is 1. The molecule has 1 aromatic carbocycles. The largest absolute Gasteiger partial charge is 0.449 e. The first-order valence-corrected chi connectivity index (χ1v) is 9.48. The Kier molecular flexibility index (Phi) is 6.39. The summed E-state index contributed by atoms with van der Waals surface area (Å²) in [6, 6.07) is 3.67. The summed E-state index contributed by atoms with van der Waals surface area (Å²) < 4.78 is 37.5.